The summed E-state index contributed by atoms with van der Waals surface area (Å²) in [4.78, 5) is 16.5. The first-order chi connectivity index (χ1) is 21.5. The molecule has 3 aromatic carbocycles. The van der Waals surface area contributed by atoms with Gasteiger partial charge in [0.1, 0.15) is 5.52 Å². The first-order valence-corrected chi connectivity index (χ1v) is 14.4. The van der Waals surface area contributed by atoms with Crippen LogP contribution in [0.25, 0.3) is 11.2 Å². The lowest BCUT2D eigenvalue weighted by atomic mass is 9.98. The van der Waals surface area contributed by atoms with E-state index in [0.717, 1.165) is 46.0 Å². The van der Waals surface area contributed by atoms with Crippen molar-refractivity contribution in [3.63, 3.8) is 0 Å². The van der Waals surface area contributed by atoms with Crippen LogP contribution in [0.4, 0.5) is 11.8 Å². The molecule has 0 saturated carbocycles. The summed E-state index contributed by atoms with van der Waals surface area (Å²) < 4.78 is 24.0. The Morgan fingerprint density at radius 1 is 0.800 bits per heavy atom. The Morgan fingerprint density at radius 2 is 1.49 bits per heavy atom. The van der Waals surface area contributed by atoms with E-state index >= 15 is 0 Å². The van der Waals surface area contributed by atoms with E-state index in [0.29, 0.717) is 48.2 Å². The van der Waals surface area contributed by atoms with E-state index in [2.05, 4.69) is 37.6 Å². The average Bonchev–Trinajstić information content (AvgIpc) is 3.48. The first-order valence-electron chi connectivity index (χ1n) is 14.4. The van der Waals surface area contributed by atoms with Gasteiger partial charge in [-0.25, -0.2) is 10.0 Å². The Labute approximate surface area is 268 Å². The Balaban J connectivity index is 0.00000400. The molecule has 11 nitrogen and oxygen atoms in total. The number of methoxy groups -OCH3 is 4. The summed E-state index contributed by atoms with van der Waals surface area (Å²) in [5.41, 5.74) is 5.79. The minimum atomic E-state index is 0. The van der Waals surface area contributed by atoms with Crippen LogP contribution in [0.5, 0.6) is 23.0 Å². The molecular formula is C33H37ClN6O5. The van der Waals surface area contributed by atoms with Gasteiger partial charge in [-0.1, -0.05) is 36.4 Å². The summed E-state index contributed by atoms with van der Waals surface area (Å²) in [5.74, 6) is 3.60. The number of nitrogens with zero attached hydrogens (tertiary/aromatic N) is 6. The van der Waals surface area contributed by atoms with Gasteiger partial charge in [-0.05, 0) is 59.4 Å². The highest BCUT2D eigenvalue weighted by atomic mass is 35.5. The summed E-state index contributed by atoms with van der Waals surface area (Å²) in [6.45, 7) is 2.21. The molecule has 0 aliphatic carbocycles. The number of ether oxygens (including phenoxy) is 4. The van der Waals surface area contributed by atoms with Gasteiger partial charge in [0.05, 0.1) is 41.3 Å². The smallest absolute Gasteiger partial charge is 0.253 e. The van der Waals surface area contributed by atoms with Crippen LogP contribution in [-0.4, -0.2) is 66.3 Å². The van der Waals surface area contributed by atoms with Crippen LogP contribution < -0.4 is 28.9 Å². The molecule has 45 heavy (non-hydrogen) atoms. The Kier molecular flexibility index (Phi) is 9.80. The Bertz CT molecular complexity index is 1770. The molecule has 236 valence electrons. The van der Waals surface area contributed by atoms with Crippen molar-refractivity contribution in [2.24, 2.45) is 0 Å². The molecule has 0 radical (unpaired) electrons. The van der Waals surface area contributed by atoms with Crippen molar-refractivity contribution in [2.45, 2.75) is 25.9 Å². The van der Waals surface area contributed by atoms with Gasteiger partial charge in [-0.2, -0.15) is 9.97 Å². The Hall–Kier alpha value is -4.74. The van der Waals surface area contributed by atoms with Crippen molar-refractivity contribution in [2.75, 3.05) is 51.5 Å². The molecular weight excluding hydrogens is 596 g/mol. The van der Waals surface area contributed by atoms with Crippen molar-refractivity contribution in [3.05, 3.63) is 89.2 Å². The highest BCUT2D eigenvalue weighted by molar-refractivity contribution is 5.86. The number of hydroxylamine groups is 1. The van der Waals surface area contributed by atoms with Gasteiger partial charge in [0, 0.05) is 19.6 Å². The predicted octanol–water partition coefficient (Wildman–Crippen LogP) is 5.33. The molecule has 0 fully saturated rings. The number of fused-ring (bicyclic) bond motifs is 2. The zero-order valence-electron chi connectivity index (χ0n) is 25.8. The van der Waals surface area contributed by atoms with Crippen molar-refractivity contribution in [1.82, 2.24) is 19.5 Å². The minimum absolute atomic E-state index is 0. The lowest BCUT2D eigenvalue weighted by Crippen LogP contribution is -2.32. The van der Waals surface area contributed by atoms with Crippen molar-refractivity contribution < 1.29 is 24.2 Å². The predicted molar refractivity (Wildman–Crippen MR) is 175 cm³/mol. The zero-order valence-corrected chi connectivity index (χ0v) is 26.6. The normalized spacial score (nSPS) is 12.3. The molecule has 5 aromatic rings. The molecule has 6 rings (SSSR count). The standard InChI is InChI=1S/C33H36N6O5.ClH/c1-41-26-11-10-22(16-27(26)42-2)12-15-39(40)33-35-31-30(38(21-34-31)19-23-8-6-5-7-9-23)32(36-33)37-14-13-24-17-28(43-3)29(44-4)18-25(24)20-37;/h5-11,16-18,21,40H,12-15,19-20H2,1-4H3;1H. The van der Waals surface area contributed by atoms with E-state index in [1.54, 1.807) is 34.8 Å². The monoisotopic (exact) mass is 632 g/mol. The highest BCUT2D eigenvalue weighted by Gasteiger charge is 2.26. The summed E-state index contributed by atoms with van der Waals surface area (Å²) in [6, 6.07) is 20.0. The van der Waals surface area contributed by atoms with Crippen molar-refractivity contribution in [3.8, 4) is 23.0 Å². The maximum atomic E-state index is 11.2. The summed E-state index contributed by atoms with van der Waals surface area (Å²) in [7, 11) is 6.50. The van der Waals surface area contributed by atoms with Crippen LogP contribution in [0, 0.1) is 0 Å². The molecule has 0 spiro atoms. The van der Waals surface area contributed by atoms with Crippen LogP contribution in [0.1, 0.15) is 22.3 Å². The molecule has 0 saturated heterocycles. The van der Waals surface area contributed by atoms with Crippen LogP contribution in [0.15, 0.2) is 67.0 Å². The van der Waals surface area contributed by atoms with Crippen LogP contribution in [-0.2, 0) is 25.9 Å². The zero-order chi connectivity index (χ0) is 30.6. The summed E-state index contributed by atoms with van der Waals surface area (Å²) in [6.07, 6.45) is 3.12. The quantitative estimate of drug-likeness (QED) is 0.192. The number of aromatic nitrogens is 4. The summed E-state index contributed by atoms with van der Waals surface area (Å²) >= 11 is 0. The number of rotatable bonds is 11. The minimum Gasteiger partial charge on any atom is -0.493 e. The molecule has 12 heteroatoms. The highest BCUT2D eigenvalue weighted by Crippen LogP contribution is 2.36. The maximum Gasteiger partial charge on any atom is 0.253 e. The Morgan fingerprint density at radius 3 is 2.20 bits per heavy atom. The molecule has 0 amide bonds. The fourth-order valence-electron chi connectivity index (χ4n) is 5.62. The molecule has 2 aromatic heterocycles. The lowest BCUT2D eigenvalue weighted by molar-refractivity contribution is 0.248. The fraction of sp³-hybridized carbons (Fsp3) is 0.303. The third-order valence-corrected chi connectivity index (χ3v) is 7.95. The van der Waals surface area contributed by atoms with Gasteiger partial charge in [0.2, 0.25) is 0 Å². The summed E-state index contributed by atoms with van der Waals surface area (Å²) in [5, 5.41) is 12.3. The van der Waals surface area contributed by atoms with E-state index in [1.807, 2.05) is 42.5 Å². The van der Waals surface area contributed by atoms with E-state index in [1.165, 1.54) is 5.56 Å². The molecule has 0 unspecified atom stereocenters. The second-order valence-corrected chi connectivity index (χ2v) is 10.6. The van der Waals surface area contributed by atoms with Crippen LogP contribution in [0.2, 0.25) is 0 Å². The number of hydrogen-bond donors (Lipinski definition) is 1. The van der Waals surface area contributed by atoms with Crippen molar-refractivity contribution >= 4 is 35.3 Å². The SMILES string of the molecule is COc1ccc(CCN(O)c2nc(N3CCc4cc(OC)c(OC)cc4C3)c3c(ncn3Cc3ccccc3)n2)cc1OC.Cl. The molecule has 1 aliphatic heterocycles. The number of anilines is 2. The third kappa shape index (κ3) is 6.54. The molecule has 1 aliphatic rings. The number of benzene rings is 3. The van der Waals surface area contributed by atoms with Crippen LogP contribution in [0.3, 0.4) is 0 Å². The van der Waals surface area contributed by atoms with E-state index in [4.69, 9.17) is 23.9 Å². The van der Waals surface area contributed by atoms with Gasteiger partial charge in [0.25, 0.3) is 5.95 Å². The topological polar surface area (TPSA) is 107 Å². The van der Waals surface area contributed by atoms with Gasteiger partial charge >= 0.3 is 0 Å². The van der Waals surface area contributed by atoms with Crippen molar-refractivity contribution in [1.29, 1.82) is 0 Å². The largest absolute Gasteiger partial charge is 0.493 e. The second kappa shape index (κ2) is 13.9. The maximum absolute atomic E-state index is 11.2. The lowest BCUT2D eigenvalue weighted by Gasteiger charge is -2.31. The molecule has 1 N–H and O–H groups in total. The van der Waals surface area contributed by atoms with Crippen LogP contribution >= 0.6 is 12.4 Å². The van der Waals surface area contributed by atoms with Gasteiger partial charge < -0.3 is 28.4 Å². The van der Waals surface area contributed by atoms with E-state index in [9.17, 15) is 5.21 Å². The van der Waals surface area contributed by atoms with Gasteiger partial charge in [-0.3, -0.25) is 5.21 Å². The molecule has 0 bridgehead atoms. The third-order valence-electron chi connectivity index (χ3n) is 7.95. The molecule has 0 atom stereocenters. The van der Waals surface area contributed by atoms with E-state index < -0.39 is 0 Å². The number of imidazole rings is 1. The fourth-order valence-corrected chi connectivity index (χ4v) is 5.62. The van der Waals surface area contributed by atoms with E-state index in [-0.39, 0.29) is 24.9 Å². The average molecular weight is 633 g/mol. The first kappa shape index (κ1) is 31.7. The second-order valence-electron chi connectivity index (χ2n) is 10.6. The van der Waals surface area contributed by atoms with Gasteiger partial charge in [0.15, 0.2) is 34.5 Å². The number of hydrogen-bond acceptors (Lipinski definition) is 10. The molecule has 3 heterocycles. The number of halogens is 1. The van der Waals surface area contributed by atoms with Gasteiger partial charge in [-0.15, -0.1) is 12.4 Å².